The Morgan fingerprint density at radius 1 is 1.31 bits per heavy atom. The number of alkyl halides is 2. The van der Waals surface area contributed by atoms with Gasteiger partial charge in [0.15, 0.2) is 17.2 Å². The highest BCUT2D eigenvalue weighted by atomic mass is 35.5. The van der Waals surface area contributed by atoms with E-state index in [1.165, 1.54) is 12.2 Å². The first-order valence-corrected chi connectivity index (χ1v) is 12.1. The Bertz CT molecular complexity index is 914. The van der Waals surface area contributed by atoms with Crippen molar-refractivity contribution in [1.82, 2.24) is 0 Å². The lowest BCUT2D eigenvalue weighted by atomic mass is 9.46. The number of aliphatic hydroxyl groups excluding tert-OH is 1. The molecule has 5 nitrogen and oxygen atoms in total. The van der Waals surface area contributed by atoms with Crippen molar-refractivity contribution < 1.29 is 28.6 Å². The summed E-state index contributed by atoms with van der Waals surface area (Å²) in [5.74, 6) is -2.33. The van der Waals surface area contributed by atoms with Crippen molar-refractivity contribution in [2.45, 2.75) is 71.3 Å². The first-order chi connectivity index (χ1) is 15.0. The highest BCUT2D eigenvalue weighted by molar-refractivity contribution is 6.29. The van der Waals surface area contributed by atoms with Gasteiger partial charge in [0.2, 0.25) is 0 Å². The van der Waals surface area contributed by atoms with Gasteiger partial charge < -0.3 is 9.84 Å². The Balaban J connectivity index is 1.83. The van der Waals surface area contributed by atoms with Gasteiger partial charge in [0.25, 0.3) is 0 Å². The molecule has 176 valence electrons. The third-order valence-electron chi connectivity index (χ3n) is 9.12. The molecule has 1 N–H and O–H groups in total. The van der Waals surface area contributed by atoms with Crippen LogP contribution in [0.25, 0.3) is 0 Å². The molecule has 9 atom stereocenters. The predicted octanol–water partition coefficient (Wildman–Crippen LogP) is 3.96. The number of Topliss-reactive ketones (excluding diaryl/α,β-unsaturated/α-hetero) is 1. The van der Waals surface area contributed by atoms with Gasteiger partial charge in [0.1, 0.15) is 6.17 Å². The van der Waals surface area contributed by atoms with Crippen LogP contribution < -0.4 is 0 Å². The number of allylic oxidation sites excluding steroid dienone is 4. The summed E-state index contributed by atoms with van der Waals surface area (Å²) in [7, 11) is 0. The smallest absolute Gasteiger partial charge is 0.306 e. The number of rotatable bonds is 4. The lowest BCUT2D eigenvalue weighted by molar-refractivity contribution is -0.204. The van der Waals surface area contributed by atoms with E-state index in [1.54, 1.807) is 13.0 Å². The van der Waals surface area contributed by atoms with Crippen molar-refractivity contribution >= 4 is 29.1 Å². The van der Waals surface area contributed by atoms with E-state index in [4.69, 9.17) is 16.3 Å². The number of esters is 1. The zero-order chi connectivity index (χ0) is 23.6. The molecule has 0 heterocycles. The number of fused-ring (bicyclic) bond motifs is 5. The minimum Gasteiger partial charge on any atom is -0.450 e. The zero-order valence-corrected chi connectivity index (χ0v) is 19.8. The standard InChI is InChI=1S/C25H32ClFO5/c1-5-21(31)32-25(20(30)12-26)13(2)8-16-15-10-18(27)17-9-14(28)6-7-23(17,3)22(15)19(29)11-24(16,25)4/h6-7,9,13,15-16,18-19,22,29H,5,8,10-12H2,1-4H3/t13-,15-,16-,18-,19-,22+,23-,24-,25-/m0/s1. The SMILES string of the molecule is CCC(=O)O[C@]1(C(=O)CCl)[C@@H](C)C[C@H]2[C@@H]3C[C@H](F)C4=CC(=O)C=C[C@]4(C)[C@H]3[C@@H](O)C[C@@]21C. The number of halogens is 2. The van der Waals surface area contributed by atoms with Crippen LogP contribution in [0.15, 0.2) is 23.8 Å². The minimum atomic E-state index is -1.44. The van der Waals surface area contributed by atoms with Crippen LogP contribution in [0.2, 0.25) is 0 Å². The molecule has 0 saturated heterocycles. The second-order valence-electron chi connectivity index (χ2n) is 10.6. The van der Waals surface area contributed by atoms with Crippen molar-refractivity contribution in [2.75, 3.05) is 5.88 Å². The number of ether oxygens (including phenoxy) is 1. The molecule has 4 aliphatic rings. The van der Waals surface area contributed by atoms with Gasteiger partial charge in [-0.3, -0.25) is 14.4 Å². The van der Waals surface area contributed by atoms with Crippen LogP contribution in [0.5, 0.6) is 0 Å². The molecule has 0 aromatic heterocycles. The molecule has 3 fully saturated rings. The Labute approximate surface area is 193 Å². The fraction of sp³-hybridized carbons (Fsp3) is 0.720. The molecule has 0 aliphatic heterocycles. The van der Waals surface area contributed by atoms with E-state index in [-0.39, 0.29) is 60.4 Å². The molecule has 4 aliphatic carbocycles. The maximum Gasteiger partial charge on any atom is 0.306 e. The van der Waals surface area contributed by atoms with Gasteiger partial charge in [-0.1, -0.05) is 33.8 Å². The molecule has 0 amide bonds. The Hall–Kier alpha value is -1.53. The van der Waals surface area contributed by atoms with Gasteiger partial charge in [-0.15, -0.1) is 11.6 Å². The van der Waals surface area contributed by atoms with Gasteiger partial charge in [-0.2, -0.15) is 0 Å². The number of carbonyl (C=O) groups excluding carboxylic acids is 3. The van der Waals surface area contributed by atoms with Gasteiger partial charge in [0.05, 0.1) is 12.0 Å². The third-order valence-corrected chi connectivity index (χ3v) is 9.36. The van der Waals surface area contributed by atoms with Crippen LogP contribution in [0, 0.1) is 34.5 Å². The van der Waals surface area contributed by atoms with Crippen molar-refractivity contribution in [1.29, 1.82) is 0 Å². The zero-order valence-electron chi connectivity index (χ0n) is 19.1. The lowest BCUT2D eigenvalue weighted by Gasteiger charge is -2.60. The van der Waals surface area contributed by atoms with Crippen LogP contribution in [-0.4, -0.2) is 46.4 Å². The minimum absolute atomic E-state index is 0.122. The summed E-state index contributed by atoms with van der Waals surface area (Å²) in [5, 5.41) is 11.5. The first-order valence-electron chi connectivity index (χ1n) is 11.5. The molecule has 0 aromatic rings. The molecule has 4 rings (SSSR count). The number of hydrogen-bond acceptors (Lipinski definition) is 5. The summed E-state index contributed by atoms with van der Waals surface area (Å²) in [6, 6.07) is 0. The molecule has 0 spiro atoms. The van der Waals surface area contributed by atoms with Crippen molar-refractivity contribution in [3.05, 3.63) is 23.8 Å². The van der Waals surface area contributed by atoms with Crippen LogP contribution in [0.1, 0.15) is 53.4 Å². The fourth-order valence-electron chi connectivity index (χ4n) is 7.87. The topological polar surface area (TPSA) is 80.7 Å². The van der Waals surface area contributed by atoms with E-state index in [0.717, 1.165) is 0 Å². The van der Waals surface area contributed by atoms with Crippen LogP contribution in [0.3, 0.4) is 0 Å². The van der Waals surface area contributed by atoms with Gasteiger partial charge in [-0.05, 0) is 48.8 Å². The van der Waals surface area contributed by atoms with Crippen molar-refractivity contribution in [3.63, 3.8) is 0 Å². The molecule has 0 aromatic carbocycles. The Morgan fingerprint density at radius 3 is 2.62 bits per heavy atom. The maximum absolute atomic E-state index is 15.5. The van der Waals surface area contributed by atoms with E-state index >= 15 is 4.39 Å². The molecular formula is C25H32ClFO5. The lowest BCUT2D eigenvalue weighted by Crippen LogP contribution is -2.64. The number of aliphatic hydroxyl groups is 1. The van der Waals surface area contributed by atoms with E-state index in [9.17, 15) is 19.5 Å². The number of ketones is 2. The maximum atomic E-state index is 15.5. The number of hydrogen-bond donors (Lipinski definition) is 1. The molecule has 32 heavy (non-hydrogen) atoms. The van der Waals surface area contributed by atoms with E-state index in [0.29, 0.717) is 12.0 Å². The second-order valence-corrected chi connectivity index (χ2v) is 10.8. The molecule has 7 heteroatoms. The highest BCUT2D eigenvalue weighted by Gasteiger charge is 2.73. The summed E-state index contributed by atoms with van der Waals surface area (Å²) in [5.41, 5.74) is -2.66. The average Bonchev–Trinajstić information content (AvgIpc) is 2.95. The Morgan fingerprint density at radius 2 is 2.00 bits per heavy atom. The molecule has 3 saturated carbocycles. The summed E-state index contributed by atoms with van der Waals surface area (Å²) >= 11 is 6.02. The molecule has 0 unspecified atom stereocenters. The monoisotopic (exact) mass is 466 g/mol. The van der Waals surface area contributed by atoms with Gasteiger partial charge in [0, 0.05) is 29.1 Å². The van der Waals surface area contributed by atoms with Crippen molar-refractivity contribution in [3.8, 4) is 0 Å². The largest absolute Gasteiger partial charge is 0.450 e. The van der Waals surface area contributed by atoms with Crippen LogP contribution in [0.4, 0.5) is 4.39 Å². The van der Waals surface area contributed by atoms with Gasteiger partial charge in [-0.25, -0.2) is 4.39 Å². The number of carbonyl (C=O) groups is 3. The third kappa shape index (κ3) is 2.94. The first kappa shape index (κ1) is 23.6. The molecular weight excluding hydrogens is 435 g/mol. The average molecular weight is 467 g/mol. The quantitative estimate of drug-likeness (QED) is 0.501. The van der Waals surface area contributed by atoms with E-state index < -0.39 is 34.7 Å². The van der Waals surface area contributed by atoms with Crippen LogP contribution in [-0.2, 0) is 19.1 Å². The Kier molecular flexibility index (Phi) is 5.73. The van der Waals surface area contributed by atoms with E-state index in [1.807, 2.05) is 20.8 Å². The van der Waals surface area contributed by atoms with Crippen molar-refractivity contribution in [2.24, 2.45) is 34.5 Å². The fourth-order valence-corrected chi connectivity index (χ4v) is 8.07. The molecule has 0 bridgehead atoms. The van der Waals surface area contributed by atoms with Crippen LogP contribution >= 0.6 is 11.6 Å². The second kappa shape index (κ2) is 7.76. The highest BCUT2D eigenvalue weighted by Crippen LogP contribution is 2.69. The summed E-state index contributed by atoms with van der Waals surface area (Å²) in [4.78, 5) is 37.7. The summed E-state index contributed by atoms with van der Waals surface area (Å²) in [6.07, 6.45) is 3.53. The summed E-state index contributed by atoms with van der Waals surface area (Å²) < 4.78 is 21.4. The predicted molar refractivity (Wildman–Crippen MR) is 118 cm³/mol. The van der Waals surface area contributed by atoms with E-state index in [2.05, 4.69) is 0 Å². The summed E-state index contributed by atoms with van der Waals surface area (Å²) in [6.45, 7) is 7.35. The molecule has 0 radical (unpaired) electrons. The van der Waals surface area contributed by atoms with Gasteiger partial charge >= 0.3 is 5.97 Å². The normalized spacial score (nSPS) is 47.2.